The van der Waals surface area contributed by atoms with Gasteiger partial charge in [-0.3, -0.25) is 9.78 Å². The normalized spacial score (nSPS) is 39.0. The minimum atomic E-state index is -0.128. The lowest BCUT2D eigenvalue weighted by Gasteiger charge is -2.62. The van der Waals surface area contributed by atoms with Crippen LogP contribution in [0, 0.1) is 46.3 Å². The highest BCUT2D eigenvalue weighted by atomic mass is 16.3. The van der Waals surface area contributed by atoms with E-state index < -0.39 is 0 Å². The van der Waals surface area contributed by atoms with Crippen molar-refractivity contribution in [3.63, 3.8) is 0 Å². The molecule has 3 unspecified atom stereocenters. The molecule has 1 aromatic heterocycles. The molecule has 4 nitrogen and oxygen atoms in total. The van der Waals surface area contributed by atoms with E-state index in [1.165, 1.54) is 76.3 Å². The number of ketones is 1. The van der Waals surface area contributed by atoms with Crippen LogP contribution in [0.4, 0.5) is 0 Å². The van der Waals surface area contributed by atoms with Crippen LogP contribution in [0.2, 0.25) is 0 Å². The van der Waals surface area contributed by atoms with Crippen molar-refractivity contribution >= 4 is 5.78 Å². The van der Waals surface area contributed by atoms with Gasteiger partial charge in [0, 0.05) is 30.8 Å². The van der Waals surface area contributed by atoms with Crippen molar-refractivity contribution in [2.24, 2.45) is 46.3 Å². The third-order valence-corrected chi connectivity index (χ3v) is 13.2. The summed E-state index contributed by atoms with van der Waals surface area (Å²) in [5.41, 5.74) is 1.96. The van der Waals surface area contributed by atoms with E-state index in [0.717, 1.165) is 32.2 Å². The number of aliphatic hydroxyl groups is 1. The molecule has 4 heteroatoms. The number of carbonyl (C=O) groups is 1. The standard InChI is InChI=1S/C37H60N2O2/c1-5-30(40)15-14-26(2)31-16-17-32-35-33(19-21-37(31,32)4)36(3)20-18-29(24-27(36)25-34(35)41)39-22-10-7-6-8-12-28-13-9-11-23-38-28/h9,11,13,23,26-27,29,31-35,39,41H,5-8,10,12,14-22,24-25H2,1-4H3/t26-,27-,29+,31-,32?,33?,34-,35?,36+,37-/m1/s1. The molecule has 4 saturated carbocycles. The summed E-state index contributed by atoms with van der Waals surface area (Å²) in [6.07, 6.45) is 20.6. The highest BCUT2D eigenvalue weighted by Gasteiger charge is 2.62. The van der Waals surface area contributed by atoms with Crippen LogP contribution in [0.1, 0.15) is 130 Å². The largest absolute Gasteiger partial charge is 0.393 e. The highest BCUT2D eigenvalue weighted by molar-refractivity contribution is 5.77. The smallest absolute Gasteiger partial charge is 0.132 e. The molecule has 4 aliphatic rings. The Bertz CT molecular complexity index is 982. The van der Waals surface area contributed by atoms with Crippen LogP contribution in [0.5, 0.6) is 0 Å². The van der Waals surface area contributed by atoms with Gasteiger partial charge in [-0.15, -0.1) is 0 Å². The first-order valence-corrected chi connectivity index (χ1v) is 17.6. The number of nitrogens with one attached hydrogen (secondary N) is 1. The number of hydrogen-bond donors (Lipinski definition) is 2. The molecule has 0 aliphatic heterocycles. The van der Waals surface area contributed by atoms with E-state index in [4.69, 9.17) is 0 Å². The predicted octanol–water partition coefficient (Wildman–Crippen LogP) is 8.17. The molecule has 2 N–H and O–H groups in total. The third-order valence-electron chi connectivity index (χ3n) is 13.2. The molecule has 1 aromatic rings. The number of aryl methyl sites for hydroxylation is 1. The second-order valence-electron chi connectivity index (χ2n) is 15.3. The monoisotopic (exact) mass is 564 g/mol. The second kappa shape index (κ2) is 13.6. The summed E-state index contributed by atoms with van der Waals surface area (Å²) >= 11 is 0. The van der Waals surface area contributed by atoms with Gasteiger partial charge in [-0.1, -0.05) is 46.6 Å². The molecular weight excluding hydrogens is 504 g/mol. The Balaban J connectivity index is 1.10. The molecule has 5 rings (SSSR count). The van der Waals surface area contributed by atoms with Crippen molar-refractivity contribution in [1.82, 2.24) is 10.3 Å². The molecule has 0 radical (unpaired) electrons. The fraction of sp³-hybridized carbons (Fsp3) is 0.838. The van der Waals surface area contributed by atoms with Crippen molar-refractivity contribution in [3.8, 4) is 0 Å². The Labute approximate surface area is 251 Å². The number of Topliss-reactive ketones (excluding diaryl/α,β-unsaturated/α-hetero) is 1. The first kappa shape index (κ1) is 31.2. The topological polar surface area (TPSA) is 62.2 Å². The van der Waals surface area contributed by atoms with Gasteiger partial charge < -0.3 is 10.4 Å². The summed E-state index contributed by atoms with van der Waals surface area (Å²) in [6.45, 7) is 10.7. The Hall–Kier alpha value is -1.26. The zero-order chi connectivity index (χ0) is 29.0. The first-order valence-electron chi connectivity index (χ1n) is 17.6. The predicted molar refractivity (Wildman–Crippen MR) is 169 cm³/mol. The van der Waals surface area contributed by atoms with E-state index in [1.807, 2.05) is 19.2 Å². The number of carbonyl (C=O) groups excluding carboxylic acids is 1. The van der Waals surface area contributed by atoms with Gasteiger partial charge in [-0.25, -0.2) is 0 Å². The molecule has 0 bridgehead atoms. The average Bonchev–Trinajstić information content (AvgIpc) is 3.33. The van der Waals surface area contributed by atoms with Crippen LogP contribution in [0.3, 0.4) is 0 Å². The Morgan fingerprint density at radius 1 is 1.02 bits per heavy atom. The lowest BCUT2D eigenvalue weighted by molar-refractivity contribution is -0.167. The summed E-state index contributed by atoms with van der Waals surface area (Å²) in [4.78, 5) is 16.5. The lowest BCUT2D eigenvalue weighted by Crippen LogP contribution is -2.59. The van der Waals surface area contributed by atoms with Crippen molar-refractivity contribution in [2.75, 3.05) is 6.54 Å². The molecule has 1 heterocycles. The van der Waals surface area contributed by atoms with Crippen LogP contribution in [-0.4, -0.2) is 34.6 Å². The minimum Gasteiger partial charge on any atom is -0.393 e. The van der Waals surface area contributed by atoms with Gasteiger partial charge in [0.2, 0.25) is 0 Å². The van der Waals surface area contributed by atoms with Crippen molar-refractivity contribution < 1.29 is 9.90 Å². The molecule has 0 saturated heterocycles. The van der Waals surface area contributed by atoms with Crippen LogP contribution >= 0.6 is 0 Å². The third kappa shape index (κ3) is 6.64. The van der Waals surface area contributed by atoms with E-state index in [2.05, 4.69) is 43.2 Å². The molecule has 41 heavy (non-hydrogen) atoms. The molecule has 10 atom stereocenters. The minimum absolute atomic E-state index is 0.128. The van der Waals surface area contributed by atoms with Gasteiger partial charge in [0.05, 0.1) is 6.10 Å². The molecule has 0 aromatic carbocycles. The number of aromatic nitrogens is 1. The summed E-state index contributed by atoms with van der Waals surface area (Å²) in [6, 6.07) is 6.85. The lowest BCUT2D eigenvalue weighted by atomic mass is 9.43. The summed E-state index contributed by atoms with van der Waals surface area (Å²) in [5, 5.41) is 15.7. The van der Waals surface area contributed by atoms with E-state index in [9.17, 15) is 9.90 Å². The average molecular weight is 565 g/mol. The zero-order valence-corrected chi connectivity index (χ0v) is 26.8. The molecule has 4 fully saturated rings. The Morgan fingerprint density at radius 3 is 2.59 bits per heavy atom. The Morgan fingerprint density at radius 2 is 1.80 bits per heavy atom. The summed E-state index contributed by atoms with van der Waals surface area (Å²) < 4.78 is 0. The maximum atomic E-state index is 12.0. The van der Waals surface area contributed by atoms with E-state index in [-0.39, 0.29) is 6.10 Å². The van der Waals surface area contributed by atoms with E-state index in [1.54, 1.807) is 0 Å². The van der Waals surface area contributed by atoms with Crippen molar-refractivity contribution in [1.29, 1.82) is 0 Å². The maximum Gasteiger partial charge on any atom is 0.132 e. The Kier molecular flexibility index (Phi) is 10.3. The molecule has 230 valence electrons. The molecule has 0 spiro atoms. The van der Waals surface area contributed by atoms with Gasteiger partial charge in [-0.2, -0.15) is 0 Å². The molecular formula is C37H60N2O2. The zero-order valence-electron chi connectivity index (χ0n) is 26.8. The first-order chi connectivity index (χ1) is 19.8. The number of fused-ring (bicyclic) bond motifs is 5. The van der Waals surface area contributed by atoms with Crippen LogP contribution in [0.15, 0.2) is 24.4 Å². The molecule has 4 aliphatic carbocycles. The number of rotatable bonds is 13. The fourth-order valence-electron chi connectivity index (χ4n) is 10.8. The van der Waals surface area contributed by atoms with Gasteiger partial charge in [0.1, 0.15) is 5.78 Å². The van der Waals surface area contributed by atoms with Crippen LogP contribution in [0.25, 0.3) is 0 Å². The van der Waals surface area contributed by atoms with Gasteiger partial charge >= 0.3 is 0 Å². The molecule has 0 amide bonds. The maximum absolute atomic E-state index is 12.0. The number of unbranched alkanes of at least 4 members (excludes halogenated alkanes) is 3. The number of nitrogens with zero attached hydrogens (tertiary/aromatic N) is 1. The van der Waals surface area contributed by atoms with Gasteiger partial charge in [0.25, 0.3) is 0 Å². The second-order valence-corrected chi connectivity index (χ2v) is 15.3. The van der Waals surface area contributed by atoms with Gasteiger partial charge in [-0.05, 0) is 142 Å². The van der Waals surface area contributed by atoms with E-state index in [0.29, 0.717) is 64.6 Å². The van der Waals surface area contributed by atoms with Crippen molar-refractivity contribution in [2.45, 2.75) is 143 Å². The number of hydrogen-bond acceptors (Lipinski definition) is 4. The number of aliphatic hydroxyl groups excluding tert-OH is 1. The fourth-order valence-corrected chi connectivity index (χ4v) is 10.8. The van der Waals surface area contributed by atoms with Gasteiger partial charge in [0.15, 0.2) is 0 Å². The van der Waals surface area contributed by atoms with Crippen molar-refractivity contribution in [3.05, 3.63) is 30.1 Å². The summed E-state index contributed by atoms with van der Waals surface area (Å²) in [5.74, 6) is 4.24. The quantitative estimate of drug-likeness (QED) is 0.237. The van der Waals surface area contributed by atoms with Crippen LogP contribution in [-0.2, 0) is 11.2 Å². The highest BCUT2D eigenvalue weighted by Crippen LogP contribution is 2.68. The SMILES string of the molecule is CCC(=O)CC[C@@H](C)[C@H]1CCC2C3C(CC[C@@]21C)[C@@]1(C)CC[C@H](NCCCCCCc2ccccn2)C[C@@H]1C[C@H]3O. The van der Waals surface area contributed by atoms with Crippen LogP contribution < -0.4 is 5.32 Å². The van der Waals surface area contributed by atoms with E-state index >= 15 is 0 Å². The summed E-state index contributed by atoms with van der Waals surface area (Å²) in [7, 11) is 0. The number of pyridine rings is 1.